The Morgan fingerprint density at radius 1 is 1.15 bits per heavy atom. The van der Waals surface area contributed by atoms with Crippen molar-refractivity contribution in [2.45, 2.75) is 64.0 Å². The van der Waals surface area contributed by atoms with Crippen LogP contribution in [-0.2, 0) is 6.42 Å². The van der Waals surface area contributed by atoms with E-state index in [4.69, 9.17) is 9.47 Å². The van der Waals surface area contributed by atoms with Crippen LogP contribution in [0.3, 0.4) is 0 Å². The van der Waals surface area contributed by atoms with Gasteiger partial charge in [-0.15, -0.1) is 0 Å². The van der Waals surface area contributed by atoms with Crippen molar-refractivity contribution < 1.29 is 22.6 Å². The molecule has 34 heavy (non-hydrogen) atoms. The fraction of sp³-hybridized carbons (Fsp3) is 0.519. The zero-order valence-corrected chi connectivity index (χ0v) is 19.9. The largest absolute Gasteiger partial charge is 0.496 e. The molecular formula is C27H33F3N2O2. The molecule has 0 unspecified atom stereocenters. The summed E-state index contributed by atoms with van der Waals surface area (Å²) in [4.78, 5) is 6.39. The van der Waals surface area contributed by atoms with Gasteiger partial charge in [-0.05, 0) is 61.3 Å². The van der Waals surface area contributed by atoms with E-state index in [1.807, 2.05) is 24.0 Å². The number of methoxy groups -OCH3 is 1. The van der Waals surface area contributed by atoms with Crippen LogP contribution in [0.2, 0.25) is 0 Å². The number of hydrogen-bond donors (Lipinski definition) is 0. The van der Waals surface area contributed by atoms with Crippen LogP contribution in [-0.4, -0.2) is 49.3 Å². The summed E-state index contributed by atoms with van der Waals surface area (Å²) in [6.45, 7) is 1.91. The summed E-state index contributed by atoms with van der Waals surface area (Å²) in [5.74, 6) is 1.03. The molecule has 4 nitrogen and oxygen atoms in total. The summed E-state index contributed by atoms with van der Waals surface area (Å²) in [6, 6.07) is 9.67. The molecule has 0 saturated carbocycles. The lowest BCUT2D eigenvalue weighted by Gasteiger charge is -2.42. The number of pyridine rings is 1. The molecule has 0 spiro atoms. The Bertz CT molecular complexity index is 1010. The summed E-state index contributed by atoms with van der Waals surface area (Å²) < 4.78 is 51.0. The van der Waals surface area contributed by atoms with Gasteiger partial charge in [0.05, 0.1) is 33.0 Å². The van der Waals surface area contributed by atoms with E-state index < -0.39 is 6.43 Å². The predicted molar refractivity (Wildman–Crippen MR) is 127 cm³/mol. The van der Waals surface area contributed by atoms with E-state index in [0.717, 1.165) is 43.2 Å². The topological polar surface area (TPSA) is 34.6 Å². The predicted octanol–water partition coefficient (Wildman–Crippen LogP) is 6.41. The SMILES string of the molecule is COc1cc(OCCCCCCF)ncc1[C@@H]1C2=C(C[C@@H](C)N1CC(F)F)c1ccccc1C2. The number of unbranched alkanes of at least 4 members (excludes halogenated alkanes) is 3. The van der Waals surface area contributed by atoms with Crippen molar-refractivity contribution in [3.63, 3.8) is 0 Å². The molecule has 1 aliphatic carbocycles. The summed E-state index contributed by atoms with van der Waals surface area (Å²) >= 11 is 0. The first-order valence-electron chi connectivity index (χ1n) is 12.1. The molecule has 184 valence electrons. The first-order chi connectivity index (χ1) is 16.5. The molecule has 0 fully saturated rings. The fourth-order valence-electron chi connectivity index (χ4n) is 5.25. The van der Waals surface area contributed by atoms with E-state index in [-0.39, 0.29) is 25.3 Å². The molecule has 2 aliphatic rings. The summed E-state index contributed by atoms with van der Waals surface area (Å²) in [6.07, 6.45) is 3.91. The van der Waals surface area contributed by atoms with Crippen molar-refractivity contribution >= 4 is 5.57 Å². The third kappa shape index (κ3) is 5.24. The van der Waals surface area contributed by atoms with Crippen molar-refractivity contribution in [3.05, 3.63) is 58.8 Å². The van der Waals surface area contributed by atoms with Crippen LogP contribution in [0, 0.1) is 0 Å². The molecule has 2 heterocycles. The number of aromatic nitrogens is 1. The minimum Gasteiger partial charge on any atom is -0.496 e. The number of ether oxygens (including phenoxy) is 2. The quantitative estimate of drug-likeness (QED) is 0.353. The molecule has 2 atom stereocenters. The molecule has 0 radical (unpaired) electrons. The monoisotopic (exact) mass is 474 g/mol. The second kappa shape index (κ2) is 11.3. The third-order valence-corrected chi connectivity index (χ3v) is 6.85. The van der Waals surface area contributed by atoms with Gasteiger partial charge >= 0.3 is 0 Å². The molecule has 0 bridgehead atoms. The van der Waals surface area contributed by atoms with Crippen LogP contribution < -0.4 is 9.47 Å². The van der Waals surface area contributed by atoms with Gasteiger partial charge in [0, 0.05) is 23.9 Å². The normalized spacial score (nSPS) is 19.9. The van der Waals surface area contributed by atoms with Gasteiger partial charge in [-0.25, -0.2) is 13.8 Å². The van der Waals surface area contributed by atoms with Gasteiger partial charge in [0.15, 0.2) is 0 Å². The highest BCUT2D eigenvalue weighted by atomic mass is 19.3. The lowest BCUT2D eigenvalue weighted by atomic mass is 9.85. The van der Waals surface area contributed by atoms with Gasteiger partial charge in [-0.3, -0.25) is 9.29 Å². The first kappa shape index (κ1) is 24.6. The Balaban J connectivity index is 1.62. The molecular weight excluding hydrogens is 441 g/mol. The molecule has 2 aromatic rings. The van der Waals surface area contributed by atoms with Gasteiger partial charge in [-0.1, -0.05) is 30.7 Å². The minimum absolute atomic E-state index is 0.0474. The van der Waals surface area contributed by atoms with Gasteiger partial charge < -0.3 is 9.47 Å². The van der Waals surface area contributed by atoms with Crippen LogP contribution in [0.5, 0.6) is 11.6 Å². The number of hydrogen-bond acceptors (Lipinski definition) is 4. The van der Waals surface area contributed by atoms with E-state index in [9.17, 15) is 13.2 Å². The van der Waals surface area contributed by atoms with E-state index >= 15 is 0 Å². The zero-order chi connectivity index (χ0) is 24.1. The number of benzene rings is 1. The van der Waals surface area contributed by atoms with Crippen LogP contribution >= 0.6 is 0 Å². The highest BCUT2D eigenvalue weighted by Crippen LogP contribution is 2.50. The average molecular weight is 475 g/mol. The van der Waals surface area contributed by atoms with Gasteiger partial charge in [0.25, 0.3) is 6.43 Å². The average Bonchev–Trinajstić information content (AvgIpc) is 3.19. The molecule has 0 N–H and O–H groups in total. The summed E-state index contributed by atoms with van der Waals surface area (Å²) in [7, 11) is 1.59. The number of nitrogens with zero attached hydrogens (tertiary/aromatic N) is 2. The molecule has 0 saturated heterocycles. The maximum atomic E-state index is 13.6. The number of fused-ring (bicyclic) bond motifs is 2. The lowest BCUT2D eigenvalue weighted by Crippen LogP contribution is -2.43. The molecule has 1 aliphatic heterocycles. The molecule has 1 aromatic carbocycles. The smallest absolute Gasteiger partial charge is 0.251 e. The second-order valence-electron chi connectivity index (χ2n) is 9.10. The highest BCUT2D eigenvalue weighted by molar-refractivity contribution is 5.79. The Labute approximate surface area is 199 Å². The van der Waals surface area contributed by atoms with Crippen LogP contribution in [0.1, 0.15) is 61.8 Å². The van der Waals surface area contributed by atoms with E-state index in [1.165, 1.54) is 16.7 Å². The lowest BCUT2D eigenvalue weighted by molar-refractivity contribution is 0.0475. The van der Waals surface area contributed by atoms with Gasteiger partial charge in [-0.2, -0.15) is 0 Å². The van der Waals surface area contributed by atoms with E-state index in [2.05, 4.69) is 17.1 Å². The van der Waals surface area contributed by atoms with Crippen molar-refractivity contribution in [2.75, 3.05) is 26.9 Å². The molecule has 4 rings (SSSR count). The Morgan fingerprint density at radius 2 is 1.94 bits per heavy atom. The number of alkyl halides is 3. The van der Waals surface area contributed by atoms with Gasteiger partial charge in [0.1, 0.15) is 5.75 Å². The summed E-state index contributed by atoms with van der Waals surface area (Å²) in [5.41, 5.74) is 5.66. The second-order valence-corrected chi connectivity index (χ2v) is 9.10. The van der Waals surface area contributed by atoms with Crippen molar-refractivity contribution in [1.29, 1.82) is 0 Å². The maximum absolute atomic E-state index is 13.6. The van der Waals surface area contributed by atoms with E-state index in [1.54, 1.807) is 19.4 Å². The van der Waals surface area contributed by atoms with Crippen LogP contribution in [0.15, 0.2) is 42.1 Å². The maximum Gasteiger partial charge on any atom is 0.251 e. The number of halogens is 3. The third-order valence-electron chi connectivity index (χ3n) is 6.85. The Morgan fingerprint density at radius 3 is 2.71 bits per heavy atom. The van der Waals surface area contributed by atoms with Crippen molar-refractivity contribution in [2.24, 2.45) is 0 Å². The Hall–Kier alpha value is -2.54. The first-order valence-corrected chi connectivity index (χ1v) is 12.1. The van der Waals surface area contributed by atoms with Crippen molar-refractivity contribution in [1.82, 2.24) is 9.88 Å². The van der Waals surface area contributed by atoms with E-state index in [0.29, 0.717) is 24.7 Å². The number of rotatable bonds is 11. The van der Waals surface area contributed by atoms with Crippen molar-refractivity contribution in [3.8, 4) is 11.6 Å². The zero-order valence-electron chi connectivity index (χ0n) is 19.9. The molecule has 0 amide bonds. The van der Waals surface area contributed by atoms with Gasteiger partial charge in [0.2, 0.25) is 5.88 Å². The standard InChI is InChI=1S/C27H33F3N2O2/c1-18-13-21-20-10-6-5-9-19(20)14-22(21)27(32(18)17-25(29)30)23-16-31-26(15-24(23)33-2)34-12-8-4-3-7-11-28/h5-6,9-10,15-16,18,25,27H,3-4,7-8,11-14,17H2,1-2H3/t18-,27+/m1/s1. The summed E-state index contributed by atoms with van der Waals surface area (Å²) in [5, 5.41) is 0. The highest BCUT2D eigenvalue weighted by Gasteiger charge is 2.41. The van der Waals surface area contributed by atoms with Crippen LogP contribution in [0.4, 0.5) is 13.2 Å². The van der Waals surface area contributed by atoms with Crippen LogP contribution in [0.25, 0.3) is 5.57 Å². The molecule has 7 heteroatoms. The Kier molecular flexibility index (Phi) is 8.14. The fourth-order valence-corrected chi connectivity index (χ4v) is 5.25. The molecule has 1 aromatic heterocycles. The minimum atomic E-state index is -2.44.